The van der Waals surface area contributed by atoms with Gasteiger partial charge in [-0.3, -0.25) is 4.79 Å². The van der Waals surface area contributed by atoms with Crippen LogP contribution in [0.15, 0.2) is 18.2 Å². The first-order chi connectivity index (χ1) is 11.5. The number of methoxy groups -OCH3 is 1. The highest BCUT2D eigenvalue weighted by atomic mass is 16.5. The molecule has 1 aromatic carbocycles. The topological polar surface area (TPSA) is 79.9 Å². The van der Waals surface area contributed by atoms with E-state index in [1.807, 2.05) is 13.8 Å². The van der Waals surface area contributed by atoms with Crippen molar-refractivity contribution in [3.05, 3.63) is 23.8 Å². The number of carbonyl (C=O) groups excluding carboxylic acids is 2. The van der Waals surface area contributed by atoms with E-state index >= 15 is 0 Å². The molecule has 0 radical (unpaired) electrons. The lowest BCUT2D eigenvalue weighted by Crippen LogP contribution is -2.40. The number of amides is 3. The van der Waals surface area contributed by atoms with Gasteiger partial charge < -0.3 is 25.0 Å². The van der Waals surface area contributed by atoms with Crippen LogP contribution in [0, 0.1) is 0 Å². The summed E-state index contributed by atoms with van der Waals surface area (Å²) >= 11 is 0. The summed E-state index contributed by atoms with van der Waals surface area (Å²) in [6.45, 7) is 6.15. The summed E-state index contributed by atoms with van der Waals surface area (Å²) in [7, 11) is 1.52. The molecule has 132 valence electrons. The minimum absolute atomic E-state index is 0.0640. The molecule has 1 heterocycles. The van der Waals surface area contributed by atoms with Crippen LogP contribution in [-0.4, -0.2) is 56.3 Å². The van der Waals surface area contributed by atoms with Gasteiger partial charge in [0, 0.05) is 24.7 Å². The fourth-order valence-corrected chi connectivity index (χ4v) is 2.37. The highest BCUT2D eigenvalue weighted by Crippen LogP contribution is 2.26. The predicted octanol–water partition coefficient (Wildman–Crippen LogP) is 2.09. The fourth-order valence-electron chi connectivity index (χ4n) is 2.37. The molecule has 2 rings (SSSR count). The van der Waals surface area contributed by atoms with Crippen LogP contribution in [0.1, 0.15) is 30.6 Å². The van der Waals surface area contributed by atoms with Gasteiger partial charge in [-0.1, -0.05) is 6.92 Å². The van der Waals surface area contributed by atoms with E-state index in [4.69, 9.17) is 9.47 Å². The molecule has 1 saturated heterocycles. The molecule has 1 atom stereocenters. The molecule has 7 nitrogen and oxygen atoms in total. The first-order valence-electron chi connectivity index (χ1n) is 8.17. The van der Waals surface area contributed by atoms with E-state index in [1.165, 1.54) is 7.11 Å². The monoisotopic (exact) mass is 335 g/mol. The van der Waals surface area contributed by atoms with Crippen molar-refractivity contribution in [3.63, 3.8) is 0 Å². The summed E-state index contributed by atoms with van der Waals surface area (Å²) in [6.07, 6.45) is 0.833. The van der Waals surface area contributed by atoms with Crippen LogP contribution in [0.2, 0.25) is 0 Å². The molecular formula is C17H25N3O4. The second-order valence-electron chi connectivity index (χ2n) is 5.73. The Morgan fingerprint density at radius 3 is 2.67 bits per heavy atom. The van der Waals surface area contributed by atoms with Crippen molar-refractivity contribution < 1.29 is 19.1 Å². The number of urea groups is 1. The third kappa shape index (κ3) is 4.61. The summed E-state index contributed by atoms with van der Waals surface area (Å²) in [5.74, 6) is 0.430. The predicted molar refractivity (Wildman–Crippen MR) is 91.6 cm³/mol. The number of benzene rings is 1. The van der Waals surface area contributed by atoms with E-state index in [-0.39, 0.29) is 18.0 Å². The van der Waals surface area contributed by atoms with E-state index in [0.717, 1.165) is 6.42 Å². The molecule has 0 saturated carbocycles. The highest BCUT2D eigenvalue weighted by molar-refractivity contribution is 5.98. The van der Waals surface area contributed by atoms with Crippen LogP contribution in [0.3, 0.4) is 0 Å². The number of rotatable bonds is 5. The van der Waals surface area contributed by atoms with Gasteiger partial charge in [-0.2, -0.15) is 0 Å². The number of carbonyl (C=O) groups is 2. The van der Waals surface area contributed by atoms with E-state index in [9.17, 15) is 9.59 Å². The second kappa shape index (κ2) is 8.54. The summed E-state index contributed by atoms with van der Waals surface area (Å²) in [6, 6.07) is 4.78. The zero-order valence-electron chi connectivity index (χ0n) is 14.4. The number of ether oxygens (including phenoxy) is 2. The van der Waals surface area contributed by atoms with Gasteiger partial charge in [-0.05, 0) is 31.5 Å². The fraction of sp³-hybridized carbons (Fsp3) is 0.529. The van der Waals surface area contributed by atoms with E-state index < -0.39 is 0 Å². The number of nitrogens with one attached hydrogen (secondary N) is 2. The summed E-state index contributed by atoms with van der Waals surface area (Å²) in [5, 5.41) is 5.58. The van der Waals surface area contributed by atoms with Gasteiger partial charge in [0.05, 0.1) is 26.0 Å². The van der Waals surface area contributed by atoms with Crippen molar-refractivity contribution in [3.8, 4) is 5.75 Å². The summed E-state index contributed by atoms with van der Waals surface area (Å²) < 4.78 is 10.5. The second-order valence-corrected chi connectivity index (χ2v) is 5.73. The maximum absolute atomic E-state index is 12.6. The zero-order valence-corrected chi connectivity index (χ0v) is 14.4. The van der Waals surface area contributed by atoms with Crippen LogP contribution in [0.5, 0.6) is 5.75 Å². The number of hydrogen-bond acceptors (Lipinski definition) is 4. The molecule has 0 bridgehead atoms. The maximum atomic E-state index is 12.6. The van der Waals surface area contributed by atoms with Crippen molar-refractivity contribution >= 4 is 17.6 Å². The SMILES string of the molecule is CCC(C)NC(=O)Nc1cc(C(=O)N2CCOCC2)ccc1OC. The molecule has 0 spiro atoms. The molecule has 1 aliphatic rings. The van der Waals surface area contributed by atoms with Gasteiger partial charge in [0.25, 0.3) is 5.91 Å². The van der Waals surface area contributed by atoms with E-state index in [2.05, 4.69) is 10.6 Å². The van der Waals surface area contributed by atoms with Crippen molar-refractivity contribution in [2.75, 3.05) is 38.7 Å². The average molecular weight is 335 g/mol. The zero-order chi connectivity index (χ0) is 17.5. The third-order valence-corrected chi connectivity index (χ3v) is 3.98. The number of hydrogen-bond donors (Lipinski definition) is 2. The minimum Gasteiger partial charge on any atom is -0.495 e. The Balaban J connectivity index is 2.14. The van der Waals surface area contributed by atoms with Crippen LogP contribution in [-0.2, 0) is 4.74 Å². The molecule has 7 heteroatoms. The van der Waals surface area contributed by atoms with Crippen molar-refractivity contribution in [2.45, 2.75) is 26.3 Å². The van der Waals surface area contributed by atoms with Crippen LogP contribution in [0.4, 0.5) is 10.5 Å². The van der Waals surface area contributed by atoms with Gasteiger partial charge in [0.15, 0.2) is 0 Å². The standard InChI is InChI=1S/C17H25N3O4/c1-4-12(2)18-17(22)19-14-11-13(5-6-15(14)23-3)16(21)20-7-9-24-10-8-20/h5-6,11-12H,4,7-10H2,1-3H3,(H2,18,19,22). The Morgan fingerprint density at radius 1 is 1.33 bits per heavy atom. The minimum atomic E-state index is -0.321. The Labute approximate surface area is 142 Å². The van der Waals surface area contributed by atoms with Crippen LogP contribution >= 0.6 is 0 Å². The number of morpholine rings is 1. The molecule has 1 fully saturated rings. The van der Waals surface area contributed by atoms with Gasteiger partial charge in [0.2, 0.25) is 0 Å². The van der Waals surface area contributed by atoms with Gasteiger partial charge >= 0.3 is 6.03 Å². The highest BCUT2D eigenvalue weighted by Gasteiger charge is 2.20. The van der Waals surface area contributed by atoms with Crippen molar-refractivity contribution in [1.29, 1.82) is 0 Å². The lowest BCUT2D eigenvalue weighted by atomic mass is 10.1. The van der Waals surface area contributed by atoms with Crippen molar-refractivity contribution in [1.82, 2.24) is 10.2 Å². The van der Waals surface area contributed by atoms with E-state index in [0.29, 0.717) is 43.3 Å². The molecule has 2 N–H and O–H groups in total. The van der Waals surface area contributed by atoms with Gasteiger partial charge in [0.1, 0.15) is 5.75 Å². The molecule has 0 aliphatic carbocycles. The Bertz CT molecular complexity index is 585. The molecule has 1 aliphatic heterocycles. The summed E-state index contributed by atoms with van der Waals surface area (Å²) in [5.41, 5.74) is 0.981. The molecular weight excluding hydrogens is 310 g/mol. The first kappa shape index (κ1) is 18.1. The molecule has 1 unspecified atom stereocenters. The third-order valence-electron chi connectivity index (χ3n) is 3.98. The number of nitrogens with zero attached hydrogens (tertiary/aromatic N) is 1. The Hall–Kier alpha value is -2.28. The smallest absolute Gasteiger partial charge is 0.319 e. The van der Waals surface area contributed by atoms with Crippen molar-refractivity contribution in [2.24, 2.45) is 0 Å². The Kier molecular flexibility index (Phi) is 6.43. The Morgan fingerprint density at radius 2 is 2.04 bits per heavy atom. The molecule has 1 aromatic rings. The molecule has 24 heavy (non-hydrogen) atoms. The molecule has 3 amide bonds. The average Bonchev–Trinajstić information content (AvgIpc) is 2.61. The maximum Gasteiger partial charge on any atom is 0.319 e. The lowest BCUT2D eigenvalue weighted by Gasteiger charge is -2.27. The van der Waals surface area contributed by atoms with Crippen LogP contribution in [0.25, 0.3) is 0 Å². The lowest BCUT2D eigenvalue weighted by molar-refractivity contribution is 0.0303. The van der Waals surface area contributed by atoms with E-state index in [1.54, 1.807) is 23.1 Å². The normalized spacial score (nSPS) is 15.5. The first-order valence-corrected chi connectivity index (χ1v) is 8.17. The largest absolute Gasteiger partial charge is 0.495 e. The summed E-state index contributed by atoms with van der Waals surface area (Å²) in [4.78, 5) is 26.4. The quantitative estimate of drug-likeness (QED) is 0.863. The van der Waals surface area contributed by atoms with Crippen LogP contribution < -0.4 is 15.4 Å². The van der Waals surface area contributed by atoms with Gasteiger partial charge in [-0.25, -0.2) is 4.79 Å². The number of anilines is 1. The van der Waals surface area contributed by atoms with Gasteiger partial charge in [-0.15, -0.1) is 0 Å². The molecule has 0 aromatic heterocycles.